The summed E-state index contributed by atoms with van der Waals surface area (Å²) in [5.74, 6) is -0.753. The van der Waals surface area contributed by atoms with Gasteiger partial charge < -0.3 is 9.84 Å². The molecule has 1 aliphatic rings. The fourth-order valence-corrected chi connectivity index (χ4v) is 3.75. The number of hydrogen-bond donors (Lipinski definition) is 2. The molecule has 2 N–H and O–H groups in total. The van der Waals surface area contributed by atoms with Crippen LogP contribution in [0.25, 0.3) is 0 Å². The molecule has 0 bridgehead atoms. The lowest BCUT2D eigenvalue weighted by molar-refractivity contribution is -0.140. The first-order chi connectivity index (χ1) is 10.3. The highest BCUT2D eigenvalue weighted by Crippen LogP contribution is 2.26. The highest BCUT2D eigenvalue weighted by atomic mass is 32.2. The Morgan fingerprint density at radius 1 is 1.41 bits per heavy atom. The van der Waals surface area contributed by atoms with Gasteiger partial charge in [0.05, 0.1) is 12.4 Å². The highest BCUT2D eigenvalue weighted by molar-refractivity contribution is 7.89. The molecule has 0 spiro atoms. The lowest BCUT2D eigenvalue weighted by Gasteiger charge is -2.18. The molecule has 0 aromatic heterocycles. The minimum atomic E-state index is -3.65. The molecule has 0 fully saturated rings. The lowest BCUT2D eigenvalue weighted by Crippen LogP contribution is -2.45. The molecule has 0 amide bonds. The van der Waals surface area contributed by atoms with Crippen molar-refractivity contribution in [2.24, 2.45) is 5.92 Å². The lowest BCUT2D eigenvalue weighted by atomic mass is 10.1. The Morgan fingerprint density at radius 3 is 2.77 bits per heavy atom. The molecule has 1 aromatic carbocycles. The Labute approximate surface area is 130 Å². The molecule has 7 heteroatoms. The first-order valence-electron chi connectivity index (χ1n) is 7.26. The van der Waals surface area contributed by atoms with Crippen LogP contribution in [0.1, 0.15) is 25.0 Å². The van der Waals surface area contributed by atoms with E-state index in [0.29, 0.717) is 13.0 Å². The molecule has 0 saturated heterocycles. The monoisotopic (exact) mass is 327 g/mol. The summed E-state index contributed by atoms with van der Waals surface area (Å²) >= 11 is 0. The molecule has 0 saturated carbocycles. The van der Waals surface area contributed by atoms with Gasteiger partial charge in [0.1, 0.15) is 11.8 Å². The predicted molar refractivity (Wildman–Crippen MR) is 82.5 cm³/mol. The zero-order valence-corrected chi connectivity index (χ0v) is 13.5. The molecule has 1 unspecified atom stereocenters. The van der Waals surface area contributed by atoms with E-state index in [4.69, 9.17) is 9.84 Å². The number of aryl methyl sites for hydroxylation is 1. The van der Waals surface area contributed by atoms with Crippen LogP contribution in [0.15, 0.2) is 18.2 Å². The van der Waals surface area contributed by atoms with Gasteiger partial charge in [0.2, 0.25) is 10.0 Å². The van der Waals surface area contributed by atoms with Crippen LogP contribution in [-0.4, -0.2) is 37.9 Å². The summed E-state index contributed by atoms with van der Waals surface area (Å²) in [7, 11) is -3.65. The Hall–Kier alpha value is -1.60. The SMILES string of the molecule is CC(C)C(NS(=O)(=O)CCc1ccc2c(c1)CCO2)C(=O)O. The maximum atomic E-state index is 12.1. The van der Waals surface area contributed by atoms with Crippen LogP contribution < -0.4 is 9.46 Å². The summed E-state index contributed by atoms with van der Waals surface area (Å²) in [5.41, 5.74) is 2.00. The van der Waals surface area contributed by atoms with Gasteiger partial charge in [-0.05, 0) is 29.5 Å². The number of carboxylic acid groups (broad SMARTS) is 1. The second-order valence-electron chi connectivity index (χ2n) is 5.79. The van der Waals surface area contributed by atoms with E-state index in [-0.39, 0.29) is 11.7 Å². The predicted octanol–water partition coefficient (Wildman–Crippen LogP) is 1.19. The van der Waals surface area contributed by atoms with Crippen molar-refractivity contribution < 1.29 is 23.1 Å². The molecule has 2 rings (SSSR count). The van der Waals surface area contributed by atoms with E-state index < -0.39 is 22.0 Å². The number of carbonyl (C=O) groups is 1. The average molecular weight is 327 g/mol. The number of fused-ring (bicyclic) bond motifs is 1. The van der Waals surface area contributed by atoms with E-state index in [1.54, 1.807) is 13.8 Å². The molecular weight excluding hydrogens is 306 g/mol. The third kappa shape index (κ3) is 4.20. The van der Waals surface area contributed by atoms with E-state index in [9.17, 15) is 13.2 Å². The molecule has 1 heterocycles. The quantitative estimate of drug-likeness (QED) is 0.785. The van der Waals surface area contributed by atoms with Gasteiger partial charge in [-0.2, -0.15) is 0 Å². The van der Waals surface area contributed by atoms with Gasteiger partial charge in [-0.3, -0.25) is 4.79 Å². The molecule has 122 valence electrons. The van der Waals surface area contributed by atoms with Gasteiger partial charge in [-0.25, -0.2) is 13.1 Å². The molecule has 6 nitrogen and oxygen atoms in total. The summed E-state index contributed by atoms with van der Waals surface area (Å²) < 4.78 is 31.8. The van der Waals surface area contributed by atoms with Gasteiger partial charge in [0, 0.05) is 6.42 Å². The van der Waals surface area contributed by atoms with Crippen molar-refractivity contribution in [2.45, 2.75) is 32.7 Å². The molecule has 1 aromatic rings. The Balaban J connectivity index is 1.99. The maximum Gasteiger partial charge on any atom is 0.321 e. The van der Waals surface area contributed by atoms with Crippen LogP contribution in [-0.2, 0) is 27.7 Å². The van der Waals surface area contributed by atoms with Gasteiger partial charge in [0.15, 0.2) is 0 Å². The summed E-state index contributed by atoms with van der Waals surface area (Å²) in [6.07, 6.45) is 1.18. The third-order valence-corrected chi connectivity index (χ3v) is 5.01. The minimum absolute atomic E-state index is 0.136. The summed E-state index contributed by atoms with van der Waals surface area (Å²) in [6.45, 7) is 4.00. The minimum Gasteiger partial charge on any atom is -0.493 e. The van der Waals surface area contributed by atoms with Gasteiger partial charge >= 0.3 is 5.97 Å². The topological polar surface area (TPSA) is 92.7 Å². The van der Waals surface area contributed by atoms with Crippen molar-refractivity contribution >= 4 is 16.0 Å². The fourth-order valence-electron chi connectivity index (χ4n) is 2.37. The number of benzene rings is 1. The van der Waals surface area contributed by atoms with Crippen molar-refractivity contribution in [1.29, 1.82) is 0 Å². The summed E-state index contributed by atoms with van der Waals surface area (Å²) in [6, 6.07) is 4.55. The zero-order valence-electron chi connectivity index (χ0n) is 12.7. The Kier molecular flexibility index (Phi) is 5.08. The van der Waals surface area contributed by atoms with Crippen molar-refractivity contribution in [3.05, 3.63) is 29.3 Å². The summed E-state index contributed by atoms with van der Waals surface area (Å²) in [5, 5.41) is 9.06. The second kappa shape index (κ2) is 6.66. The van der Waals surface area contributed by atoms with Gasteiger partial charge in [-0.1, -0.05) is 26.0 Å². The Morgan fingerprint density at radius 2 is 2.14 bits per heavy atom. The molecule has 1 atom stereocenters. The van der Waals surface area contributed by atoms with Gasteiger partial charge in [-0.15, -0.1) is 0 Å². The van der Waals surface area contributed by atoms with E-state index in [2.05, 4.69) is 4.72 Å². The number of ether oxygens (including phenoxy) is 1. The molecular formula is C15H21NO5S. The van der Waals surface area contributed by atoms with Crippen molar-refractivity contribution in [2.75, 3.05) is 12.4 Å². The molecule has 22 heavy (non-hydrogen) atoms. The number of sulfonamides is 1. The number of rotatable bonds is 7. The van der Waals surface area contributed by atoms with E-state index >= 15 is 0 Å². The molecule has 0 radical (unpaired) electrons. The van der Waals surface area contributed by atoms with Crippen molar-refractivity contribution in [3.8, 4) is 5.75 Å². The molecule has 0 aliphatic carbocycles. The Bertz CT molecular complexity index is 654. The first-order valence-corrected chi connectivity index (χ1v) is 8.91. The fraction of sp³-hybridized carbons (Fsp3) is 0.533. The van der Waals surface area contributed by atoms with Crippen LogP contribution in [0.5, 0.6) is 5.75 Å². The second-order valence-corrected chi connectivity index (χ2v) is 7.66. The number of nitrogens with one attached hydrogen (secondary N) is 1. The first kappa shape index (κ1) is 16.8. The number of aliphatic carboxylic acids is 1. The van der Waals surface area contributed by atoms with Crippen LogP contribution >= 0.6 is 0 Å². The molecule has 1 aliphatic heterocycles. The van der Waals surface area contributed by atoms with Crippen molar-refractivity contribution in [3.63, 3.8) is 0 Å². The zero-order chi connectivity index (χ0) is 16.3. The highest BCUT2D eigenvalue weighted by Gasteiger charge is 2.26. The van der Waals surface area contributed by atoms with Crippen LogP contribution in [0.2, 0.25) is 0 Å². The van der Waals surface area contributed by atoms with Crippen LogP contribution in [0.3, 0.4) is 0 Å². The van der Waals surface area contributed by atoms with Crippen LogP contribution in [0, 0.1) is 5.92 Å². The average Bonchev–Trinajstić information content (AvgIpc) is 2.89. The van der Waals surface area contributed by atoms with Gasteiger partial charge in [0.25, 0.3) is 0 Å². The van der Waals surface area contributed by atoms with E-state index in [1.807, 2.05) is 18.2 Å². The standard InChI is InChI=1S/C15H21NO5S/c1-10(2)14(15(17)18)16-22(19,20)8-6-11-3-4-13-12(9-11)5-7-21-13/h3-4,9-10,14,16H,5-8H2,1-2H3,(H,17,18). The van der Waals surface area contributed by atoms with E-state index in [1.165, 1.54) is 0 Å². The van der Waals surface area contributed by atoms with Crippen molar-refractivity contribution in [1.82, 2.24) is 4.72 Å². The number of hydrogen-bond acceptors (Lipinski definition) is 4. The largest absolute Gasteiger partial charge is 0.493 e. The van der Waals surface area contributed by atoms with Crippen LogP contribution in [0.4, 0.5) is 0 Å². The third-order valence-electron chi connectivity index (χ3n) is 3.65. The summed E-state index contributed by atoms with van der Waals surface area (Å²) in [4.78, 5) is 11.1. The number of carboxylic acids is 1. The maximum absolute atomic E-state index is 12.1. The smallest absolute Gasteiger partial charge is 0.321 e. The van der Waals surface area contributed by atoms with E-state index in [0.717, 1.165) is 23.3 Å². The normalized spacial score (nSPS) is 15.4.